The Hall–Kier alpha value is -0.810. The molecule has 1 unspecified atom stereocenters. The molecule has 0 aromatic carbocycles. The zero-order valence-electron chi connectivity index (χ0n) is 10.8. The van der Waals surface area contributed by atoms with E-state index in [1.165, 1.54) is 0 Å². The number of rotatable bonds is 2. The highest BCUT2D eigenvalue weighted by atomic mass is 16.5. The smallest absolute Gasteiger partial charge is 0.317 e. The quantitative estimate of drug-likeness (QED) is 0.766. The number of hydrogen-bond acceptors (Lipinski definition) is 3. The van der Waals surface area contributed by atoms with Gasteiger partial charge in [0.25, 0.3) is 0 Å². The highest BCUT2D eigenvalue weighted by molar-refractivity contribution is 5.74. The third-order valence-corrected chi connectivity index (χ3v) is 3.81. The van der Waals surface area contributed by atoms with E-state index in [4.69, 9.17) is 4.74 Å². The number of carbonyl (C=O) groups excluding carboxylic acids is 1. The number of nitrogens with one attached hydrogen (secondary N) is 1. The molecule has 0 aromatic heterocycles. The number of hydrogen-bond donors (Lipinski definition) is 1. The molecule has 2 aliphatic heterocycles. The fourth-order valence-electron chi connectivity index (χ4n) is 2.52. The Morgan fingerprint density at radius 3 is 2.53 bits per heavy atom. The Morgan fingerprint density at radius 2 is 1.94 bits per heavy atom. The molecule has 5 heteroatoms. The lowest BCUT2D eigenvalue weighted by Crippen LogP contribution is -2.48. The number of carbonyl (C=O) groups is 1. The minimum Gasteiger partial charge on any atom is -0.380 e. The number of likely N-dealkylation sites (tertiary alicyclic amines) is 2. The summed E-state index contributed by atoms with van der Waals surface area (Å²) >= 11 is 0. The highest BCUT2D eigenvalue weighted by Gasteiger charge is 2.27. The Kier molecular flexibility index (Phi) is 4.23. The van der Waals surface area contributed by atoms with Gasteiger partial charge in [-0.15, -0.1) is 0 Å². The van der Waals surface area contributed by atoms with Crippen molar-refractivity contribution in [1.29, 1.82) is 0 Å². The van der Waals surface area contributed by atoms with Crippen LogP contribution in [0, 0.1) is 0 Å². The van der Waals surface area contributed by atoms with Crippen LogP contribution in [0.1, 0.15) is 19.3 Å². The van der Waals surface area contributed by atoms with Gasteiger partial charge in [-0.05, 0) is 39.4 Å². The predicted octanol–water partition coefficient (Wildman–Crippen LogP) is 0.511. The van der Waals surface area contributed by atoms with Gasteiger partial charge in [0.15, 0.2) is 0 Å². The van der Waals surface area contributed by atoms with Crippen molar-refractivity contribution >= 4 is 6.03 Å². The summed E-state index contributed by atoms with van der Waals surface area (Å²) in [6.07, 6.45) is 3.29. The third-order valence-electron chi connectivity index (χ3n) is 3.81. The summed E-state index contributed by atoms with van der Waals surface area (Å²) in [5.41, 5.74) is 0. The fourth-order valence-corrected chi connectivity index (χ4v) is 2.52. The third kappa shape index (κ3) is 3.33. The van der Waals surface area contributed by atoms with Crippen LogP contribution in [0.25, 0.3) is 0 Å². The molecule has 1 N–H and O–H groups in total. The molecule has 2 heterocycles. The van der Waals surface area contributed by atoms with Gasteiger partial charge in [-0.1, -0.05) is 0 Å². The second kappa shape index (κ2) is 5.69. The van der Waals surface area contributed by atoms with Crippen molar-refractivity contribution in [2.75, 3.05) is 40.3 Å². The molecule has 2 aliphatic rings. The van der Waals surface area contributed by atoms with E-state index in [0.717, 1.165) is 45.4 Å². The van der Waals surface area contributed by atoms with E-state index >= 15 is 0 Å². The zero-order chi connectivity index (χ0) is 12.3. The minimum atomic E-state index is 0.0825. The molecule has 17 heavy (non-hydrogen) atoms. The zero-order valence-corrected chi connectivity index (χ0v) is 10.8. The van der Waals surface area contributed by atoms with E-state index in [-0.39, 0.29) is 12.1 Å². The first-order valence-electron chi connectivity index (χ1n) is 6.46. The highest BCUT2D eigenvalue weighted by Crippen LogP contribution is 2.13. The maximum atomic E-state index is 12.0. The summed E-state index contributed by atoms with van der Waals surface area (Å²) in [5.74, 6) is 0. The summed E-state index contributed by atoms with van der Waals surface area (Å²) in [5, 5.41) is 3.13. The first kappa shape index (κ1) is 12.6. The van der Waals surface area contributed by atoms with Crippen LogP contribution in [-0.2, 0) is 4.74 Å². The van der Waals surface area contributed by atoms with E-state index in [9.17, 15) is 4.79 Å². The first-order valence-corrected chi connectivity index (χ1v) is 6.46. The van der Waals surface area contributed by atoms with Gasteiger partial charge in [-0.2, -0.15) is 0 Å². The van der Waals surface area contributed by atoms with Crippen molar-refractivity contribution in [3.63, 3.8) is 0 Å². The van der Waals surface area contributed by atoms with Gasteiger partial charge in [0, 0.05) is 26.2 Å². The van der Waals surface area contributed by atoms with Gasteiger partial charge >= 0.3 is 6.03 Å². The van der Waals surface area contributed by atoms with Crippen LogP contribution in [0.2, 0.25) is 0 Å². The maximum absolute atomic E-state index is 12.0. The molecular formula is C12H23N3O2. The van der Waals surface area contributed by atoms with E-state index in [2.05, 4.69) is 17.3 Å². The van der Waals surface area contributed by atoms with Crippen molar-refractivity contribution in [3.8, 4) is 0 Å². The standard InChI is InChI=1S/C12H23N3O2/c1-14-6-3-10(4-7-14)13-12(16)15-8-5-11(9-15)17-2/h10-11H,3-9H2,1-2H3,(H,13,16). The SMILES string of the molecule is COC1CCN(C(=O)NC2CCN(C)CC2)C1. The molecule has 0 bridgehead atoms. The lowest BCUT2D eigenvalue weighted by Gasteiger charge is -2.30. The lowest BCUT2D eigenvalue weighted by atomic mass is 10.1. The van der Waals surface area contributed by atoms with Crippen LogP contribution in [0.3, 0.4) is 0 Å². The molecule has 2 amide bonds. The van der Waals surface area contributed by atoms with Crippen LogP contribution in [-0.4, -0.2) is 68.3 Å². The van der Waals surface area contributed by atoms with Crippen LogP contribution < -0.4 is 5.32 Å². The number of urea groups is 1. The summed E-state index contributed by atoms with van der Waals surface area (Å²) in [6.45, 7) is 3.70. The lowest BCUT2D eigenvalue weighted by molar-refractivity contribution is 0.109. The van der Waals surface area contributed by atoms with E-state index in [1.54, 1.807) is 7.11 Å². The van der Waals surface area contributed by atoms with Crippen LogP contribution in [0.4, 0.5) is 4.79 Å². The second-order valence-electron chi connectivity index (χ2n) is 5.12. The minimum absolute atomic E-state index is 0.0825. The van der Waals surface area contributed by atoms with Gasteiger partial charge in [0.05, 0.1) is 6.10 Å². The normalized spacial score (nSPS) is 27.4. The Labute approximate surface area is 103 Å². The molecule has 0 radical (unpaired) electrons. The summed E-state index contributed by atoms with van der Waals surface area (Å²) in [6, 6.07) is 0.430. The van der Waals surface area contributed by atoms with Crippen LogP contribution >= 0.6 is 0 Å². The molecule has 2 fully saturated rings. The van der Waals surface area contributed by atoms with Gasteiger partial charge in [0.2, 0.25) is 0 Å². The molecule has 5 nitrogen and oxygen atoms in total. The van der Waals surface area contributed by atoms with Gasteiger partial charge < -0.3 is 19.9 Å². The molecule has 0 aliphatic carbocycles. The average Bonchev–Trinajstić information content (AvgIpc) is 2.81. The number of piperidine rings is 1. The summed E-state index contributed by atoms with van der Waals surface area (Å²) < 4.78 is 5.27. The number of nitrogens with zero attached hydrogens (tertiary/aromatic N) is 2. The van der Waals surface area contributed by atoms with Crippen molar-refractivity contribution in [3.05, 3.63) is 0 Å². The van der Waals surface area contributed by atoms with Gasteiger partial charge in [-0.25, -0.2) is 4.79 Å². The van der Waals surface area contributed by atoms with E-state index < -0.39 is 0 Å². The summed E-state index contributed by atoms with van der Waals surface area (Å²) in [4.78, 5) is 16.2. The molecule has 2 saturated heterocycles. The van der Waals surface area contributed by atoms with E-state index in [0.29, 0.717) is 6.04 Å². The Morgan fingerprint density at radius 1 is 1.24 bits per heavy atom. The molecule has 0 spiro atoms. The van der Waals surface area contributed by atoms with E-state index in [1.807, 2.05) is 4.90 Å². The number of methoxy groups -OCH3 is 1. The molecule has 1 atom stereocenters. The average molecular weight is 241 g/mol. The molecule has 0 aromatic rings. The Bertz CT molecular complexity index is 264. The summed E-state index contributed by atoms with van der Waals surface area (Å²) in [7, 11) is 3.84. The molecular weight excluding hydrogens is 218 g/mol. The first-order chi connectivity index (χ1) is 8.19. The van der Waals surface area contributed by atoms with Crippen molar-refractivity contribution in [2.24, 2.45) is 0 Å². The topological polar surface area (TPSA) is 44.8 Å². The molecule has 0 saturated carbocycles. The molecule has 98 valence electrons. The van der Waals surface area contributed by atoms with Crippen molar-refractivity contribution in [2.45, 2.75) is 31.4 Å². The fraction of sp³-hybridized carbons (Fsp3) is 0.917. The van der Waals surface area contributed by atoms with Crippen LogP contribution in [0.15, 0.2) is 0 Å². The van der Waals surface area contributed by atoms with Crippen molar-refractivity contribution < 1.29 is 9.53 Å². The van der Waals surface area contributed by atoms with Crippen LogP contribution in [0.5, 0.6) is 0 Å². The maximum Gasteiger partial charge on any atom is 0.317 e. The second-order valence-corrected chi connectivity index (χ2v) is 5.12. The monoisotopic (exact) mass is 241 g/mol. The molecule has 2 rings (SSSR count). The number of amides is 2. The predicted molar refractivity (Wildman–Crippen MR) is 66.0 cm³/mol. The largest absolute Gasteiger partial charge is 0.380 e. The number of ether oxygens (including phenoxy) is 1. The van der Waals surface area contributed by atoms with Gasteiger partial charge in [0.1, 0.15) is 0 Å². The van der Waals surface area contributed by atoms with Gasteiger partial charge in [-0.3, -0.25) is 0 Å². The van der Waals surface area contributed by atoms with Crippen molar-refractivity contribution in [1.82, 2.24) is 15.1 Å². The Balaban J connectivity index is 1.74.